The van der Waals surface area contributed by atoms with Gasteiger partial charge in [-0.25, -0.2) is 0 Å². The van der Waals surface area contributed by atoms with Crippen LogP contribution in [0.1, 0.15) is 65.2 Å². The van der Waals surface area contributed by atoms with Gasteiger partial charge in [0.2, 0.25) is 0 Å². The van der Waals surface area contributed by atoms with Crippen molar-refractivity contribution in [2.45, 2.75) is 70.8 Å². The zero-order valence-corrected chi connectivity index (χ0v) is 12.6. The molecule has 0 aromatic heterocycles. The fourth-order valence-electron chi connectivity index (χ4n) is 2.17. The van der Waals surface area contributed by atoms with Crippen LogP contribution < -0.4 is 5.32 Å². The van der Waals surface area contributed by atoms with E-state index in [9.17, 15) is 5.11 Å². The van der Waals surface area contributed by atoms with E-state index in [2.05, 4.69) is 19.2 Å². The van der Waals surface area contributed by atoms with Crippen LogP contribution in [-0.4, -0.2) is 37.5 Å². The third-order valence-corrected chi connectivity index (χ3v) is 3.85. The second-order valence-corrected chi connectivity index (χ2v) is 5.17. The number of aliphatic hydroxyl groups excluding tert-OH is 1. The van der Waals surface area contributed by atoms with E-state index in [4.69, 9.17) is 4.74 Å². The lowest BCUT2D eigenvalue weighted by Crippen LogP contribution is -2.46. The predicted octanol–water partition coefficient (Wildman–Crippen LogP) is 3.11. The second kappa shape index (κ2) is 11.9. The molecule has 0 heterocycles. The Morgan fingerprint density at radius 3 is 2.22 bits per heavy atom. The normalized spacial score (nSPS) is 14.7. The lowest BCUT2D eigenvalue weighted by Gasteiger charge is -2.30. The molecule has 0 aliphatic carbocycles. The molecular formula is C15H33NO2. The van der Waals surface area contributed by atoms with Gasteiger partial charge in [-0.3, -0.25) is 0 Å². The molecule has 0 saturated carbocycles. The standard InChI is InChI=1S/C15H33NO2/c1-4-6-7-8-9-12-18-13-10-11-15(5-2,14-17)16-3/h16-17H,4-14H2,1-3H3. The van der Waals surface area contributed by atoms with Crippen molar-refractivity contribution in [2.75, 3.05) is 26.9 Å². The molecule has 0 rings (SSSR count). The topological polar surface area (TPSA) is 41.5 Å². The molecule has 1 atom stereocenters. The van der Waals surface area contributed by atoms with Crippen molar-refractivity contribution in [2.24, 2.45) is 0 Å². The predicted molar refractivity (Wildman–Crippen MR) is 78.0 cm³/mol. The summed E-state index contributed by atoms with van der Waals surface area (Å²) < 4.78 is 5.63. The maximum absolute atomic E-state index is 9.40. The van der Waals surface area contributed by atoms with E-state index in [-0.39, 0.29) is 12.1 Å². The van der Waals surface area contributed by atoms with Crippen LogP contribution in [0.3, 0.4) is 0 Å². The van der Waals surface area contributed by atoms with Crippen molar-refractivity contribution in [1.29, 1.82) is 0 Å². The first-order valence-corrected chi connectivity index (χ1v) is 7.62. The molecule has 0 fully saturated rings. The lowest BCUT2D eigenvalue weighted by molar-refractivity contribution is 0.103. The molecule has 0 radical (unpaired) electrons. The number of likely N-dealkylation sites (N-methyl/N-ethyl adjacent to an activating group) is 1. The van der Waals surface area contributed by atoms with E-state index in [1.165, 1.54) is 32.1 Å². The van der Waals surface area contributed by atoms with Crippen LogP contribution in [0, 0.1) is 0 Å². The number of nitrogens with one attached hydrogen (secondary N) is 1. The maximum Gasteiger partial charge on any atom is 0.0613 e. The van der Waals surface area contributed by atoms with E-state index in [1.54, 1.807) is 0 Å². The van der Waals surface area contributed by atoms with Crippen LogP contribution >= 0.6 is 0 Å². The highest BCUT2D eigenvalue weighted by atomic mass is 16.5. The molecule has 3 heteroatoms. The molecule has 110 valence electrons. The molecule has 18 heavy (non-hydrogen) atoms. The van der Waals surface area contributed by atoms with Crippen LogP contribution in [0.2, 0.25) is 0 Å². The number of hydrogen-bond donors (Lipinski definition) is 2. The van der Waals surface area contributed by atoms with Crippen molar-refractivity contribution < 1.29 is 9.84 Å². The molecule has 0 spiro atoms. The minimum Gasteiger partial charge on any atom is -0.394 e. The van der Waals surface area contributed by atoms with Crippen molar-refractivity contribution in [3.8, 4) is 0 Å². The molecule has 0 aromatic rings. The Morgan fingerprint density at radius 2 is 1.67 bits per heavy atom. The van der Waals surface area contributed by atoms with E-state index >= 15 is 0 Å². The second-order valence-electron chi connectivity index (χ2n) is 5.17. The molecule has 0 bridgehead atoms. The monoisotopic (exact) mass is 259 g/mol. The maximum atomic E-state index is 9.40. The third-order valence-electron chi connectivity index (χ3n) is 3.85. The van der Waals surface area contributed by atoms with Crippen LogP contribution in [0.25, 0.3) is 0 Å². The largest absolute Gasteiger partial charge is 0.394 e. The summed E-state index contributed by atoms with van der Waals surface area (Å²) in [5.41, 5.74) is -0.107. The van der Waals surface area contributed by atoms with Gasteiger partial charge in [0.05, 0.1) is 6.61 Å². The molecule has 0 saturated heterocycles. The van der Waals surface area contributed by atoms with Crippen molar-refractivity contribution >= 4 is 0 Å². The molecule has 1 unspecified atom stereocenters. The first-order chi connectivity index (χ1) is 8.74. The van der Waals surface area contributed by atoms with Crippen LogP contribution in [0.5, 0.6) is 0 Å². The summed E-state index contributed by atoms with van der Waals surface area (Å²) in [5.74, 6) is 0. The van der Waals surface area contributed by atoms with Crippen LogP contribution in [0.4, 0.5) is 0 Å². The van der Waals surface area contributed by atoms with Gasteiger partial charge >= 0.3 is 0 Å². The third kappa shape index (κ3) is 8.06. The molecule has 0 amide bonds. The molecule has 3 nitrogen and oxygen atoms in total. The van der Waals surface area contributed by atoms with Gasteiger partial charge < -0.3 is 15.2 Å². The van der Waals surface area contributed by atoms with E-state index in [1.807, 2.05) is 7.05 Å². The Kier molecular flexibility index (Phi) is 11.9. The van der Waals surface area contributed by atoms with Crippen LogP contribution in [-0.2, 0) is 4.74 Å². The van der Waals surface area contributed by atoms with Gasteiger partial charge in [-0.05, 0) is 32.7 Å². The summed E-state index contributed by atoms with van der Waals surface area (Å²) >= 11 is 0. The minimum atomic E-state index is -0.107. The summed E-state index contributed by atoms with van der Waals surface area (Å²) in [6, 6.07) is 0. The highest BCUT2D eigenvalue weighted by Crippen LogP contribution is 2.16. The molecule has 2 N–H and O–H groups in total. The van der Waals surface area contributed by atoms with Crippen molar-refractivity contribution in [1.82, 2.24) is 5.32 Å². The van der Waals surface area contributed by atoms with Gasteiger partial charge in [0.15, 0.2) is 0 Å². The highest BCUT2D eigenvalue weighted by Gasteiger charge is 2.23. The Bertz CT molecular complexity index is 162. The quantitative estimate of drug-likeness (QED) is 0.499. The number of hydrogen-bond acceptors (Lipinski definition) is 3. The molecule has 0 aromatic carbocycles. The van der Waals surface area contributed by atoms with Gasteiger partial charge in [-0.15, -0.1) is 0 Å². The number of aliphatic hydroxyl groups is 1. The fraction of sp³-hybridized carbons (Fsp3) is 1.00. The van der Waals surface area contributed by atoms with Gasteiger partial charge in [0, 0.05) is 18.8 Å². The summed E-state index contributed by atoms with van der Waals surface area (Å²) in [4.78, 5) is 0. The minimum absolute atomic E-state index is 0.107. The first kappa shape index (κ1) is 17.9. The fourth-order valence-corrected chi connectivity index (χ4v) is 2.17. The van der Waals surface area contributed by atoms with E-state index < -0.39 is 0 Å². The zero-order chi connectivity index (χ0) is 13.7. The average molecular weight is 259 g/mol. The summed E-state index contributed by atoms with van der Waals surface area (Å²) in [6.45, 7) is 6.26. The van der Waals surface area contributed by atoms with Gasteiger partial charge in [0.25, 0.3) is 0 Å². The van der Waals surface area contributed by atoms with Gasteiger partial charge in [0.1, 0.15) is 0 Å². The summed E-state index contributed by atoms with van der Waals surface area (Å²) in [5, 5.41) is 12.6. The zero-order valence-electron chi connectivity index (χ0n) is 12.6. The van der Waals surface area contributed by atoms with Crippen molar-refractivity contribution in [3.05, 3.63) is 0 Å². The lowest BCUT2D eigenvalue weighted by atomic mass is 9.92. The Balaban J connectivity index is 3.38. The van der Waals surface area contributed by atoms with Crippen molar-refractivity contribution in [3.63, 3.8) is 0 Å². The Labute approximate surface area is 113 Å². The summed E-state index contributed by atoms with van der Waals surface area (Å²) in [6.07, 6.45) is 9.41. The number of ether oxygens (including phenoxy) is 1. The first-order valence-electron chi connectivity index (χ1n) is 7.62. The van der Waals surface area contributed by atoms with Gasteiger partial charge in [-0.2, -0.15) is 0 Å². The highest BCUT2D eigenvalue weighted by molar-refractivity contribution is 4.84. The smallest absolute Gasteiger partial charge is 0.0613 e. The van der Waals surface area contributed by atoms with Crippen LogP contribution in [0.15, 0.2) is 0 Å². The molecular weight excluding hydrogens is 226 g/mol. The SMILES string of the molecule is CCCCCCCOCCCC(CC)(CO)NC. The Morgan fingerprint density at radius 1 is 1.00 bits per heavy atom. The molecule has 0 aliphatic rings. The number of rotatable bonds is 13. The average Bonchev–Trinajstić information content (AvgIpc) is 2.42. The Hall–Kier alpha value is -0.120. The van der Waals surface area contributed by atoms with E-state index in [0.717, 1.165) is 32.5 Å². The summed E-state index contributed by atoms with van der Waals surface area (Å²) in [7, 11) is 1.92. The van der Waals surface area contributed by atoms with Gasteiger partial charge in [-0.1, -0.05) is 39.5 Å². The van der Waals surface area contributed by atoms with E-state index in [0.29, 0.717) is 0 Å². The number of unbranched alkanes of at least 4 members (excludes halogenated alkanes) is 4. The molecule has 0 aliphatic heterocycles.